The third-order valence-electron chi connectivity index (χ3n) is 1.65. The van der Waals surface area contributed by atoms with Gasteiger partial charge in [0.1, 0.15) is 0 Å². The van der Waals surface area contributed by atoms with E-state index in [1.807, 2.05) is 0 Å². The number of alkyl halides is 1. The molecule has 0 amide bonds. The van der Waals surface area contributed by atoms with Crippen LogP contribution in [0.15, 0.2) is 0 Å². The van der Waals surface area contributed by atoms with Crippen LogP contribution in [0.5, 0.6) is 0 Å². The summed E-state index contributed by atoms with van der Waals surface area (Å²) in [5.74, 6) is 0. The molecule has 1 fully saturated rings. The van der Waals surface area contributed by atoms with Gasteiger partial charge in [-0.15, -0.1) is 0 Å². The van der Waals surface area contributed by atoms with Crippen LogP contribution in [0.4, 0.5) is 0 Å². The predicted molar refractivity (Wildman–Crippen MR) is 41.0 cm³/mol. The molecule has 1 heterocycles. The number of likely N-dealkylation sites (N-methyl/N-ethyl adjacent to an activating group) is 1. The van der Waals surface area contributed by atoms with Crippen LogP contribution in [0.1, 0.15) is 0 Å². The van der Waals surface area contributed by atoms with Crippen molar-refractivity contribution in [3.63, 3.8) is 0 Å². The molecule has 9 heavy (non-hydrogen) atoms. The topological polar surface area (TPSA) is 12.5 Å². The lowest BCUT2D eigenvalue weighted by atomic mass is 10.2. The lowest BCUT2D eigenvalue weighted by Crippen LogP contribution is -2.34. The van der Waals surface area contributed by atoms with Gasteiger partial charge >= 0.3 is 0 Å². The van der Waals surface area contributed by atoms with Crippen LogP contribution >= 0.6 is 15.9 Å². The van der Waals surface area contributed by atoms with Gasteiger partial charge in [0.05, 0.1) is 18.0 Å². The minimum Gasteiger partial charge on any atom is -0.379 e. The smallest absolute Gasteiger partial charge is 0.0633 e. The Bertz CT molecular complexity index is 97.1. The lowest BCUT2D eigenvalue weighted by Gasteiger charge is -2.19. The molecule has 0 N–H and O–H groups in total. The maximum atomic E-state index is 5.24. The highest BCUT2D eigenvalue weighted by Crippen LogP contribution is 2.17. The Morgan fingerprint density at radius 2 is 2.11 bits per heavy atom. The minimum absolute atomic E-state index is 0.521. The fourth-order valence-corrected chi connectivity index (χ4v) is 1.80. The standard InChI is InChI=1S/C6H12BrNO/c1-8(2)6-4-9-3-5(6)7/h5-6H,3-4H2,1-2H3/t5-,6-/m1/s1. The molecule has 1 rings (SSSR count). The molecule has 2 atom stereocenters. The largest absolute Gasteiger partial charge is 0.379 e. The van der Waals surface area contributed by atoms with Gasteiger partial charge in [0.2, 0.25) is 0 Å². The number of ether oxygens (including phenoxy) is 1. The fourth-order valence-electron chi connectivity index (χ4n) is 0.989. The zero-order chi connectivity index (χ0) is 6.85. The monoisotopic (exact) mass is 193 g/mol. The number of hydrogen-bond donors (Lipinski definition) is 0. The number of hydrogen-bond acceptors (Lipinski definition) is 2. The van der Waals surface area contributed by atoms with Gasteiger partial charge in [-0.3, -0.25) is 0 Å². The number of rotatable bonds is 1. The van der Waals surface area contributed by atoms with Gasteiger partial charge in [-0.05, 0) is 14.1 Å². The highest BCUT2D eigenvalue weighted by Gasteiger charge is 2.26. The first-order valence-electron chi connectivity index (χ1n) is 3.10. The van der Waals surface area contributed by atoms with E-state index < -0.39 is 0 Å². The van der Waals surface area contributed by atoms with Gasteiger partial charge in [-0.1, -0.05) is 15.9 Å². The van der Waals surface area contributed by atoms with Crippen molar-refractivity contribution in [2.45, 2.75) is 10.9 Å². The molecule has 3 heteroatoms. The van der Waals surface area contributed by atoms with Crippen molar-refractivity contribution in [3.05, 3.63) is 0 Å². The fraction of sp³-hybridized carbons (Fsp3) is 1.00. The van der Waals surface area contributed by atoms with E-state index in [0.717, 1.165) is 13.2 Å². The quantitative estimate of drug-likeness (QED) is 0.570. The van der Waals surface area contributed by atoms with Gasteiger partial charge in [-0.25, -0.2) is 0 Å². The van der Waals surface area contributed by atoms with E-state index in [1.54, 1.807) is 0 Å². The summed E-state index contributed by atoms with van der Waals surface area (Å²) >= 11 is 3.54. The molecule has 0 aromatic carbocycles. The molecule has 0 aliphatic carbocycles. The van der Waals surface area contributed by atoms with Gasteiger partial charge in [0.25, 0.3) is 0 Å². The molecule has 2 nitrogen and oxygen atoms in total. The van der Waals surface area contributed by atoms with E-state index >= 15 is 0 Å². The summed E-state index contributed by atoms with van der Waals surface area (Å²) in [5.41, 5.74) is 0. The molecule has 0 radical (unpaired) electrons. The van der Waals surface area contributed by atoms with Crippen molar-refractivity contribution in [2.75, 3.05) is 27.3 Å². The highest BCUT2D eigenvalue weighted by atomic mass is 79.9. The summed E-state index contributed by atoms with van der Waals surface area (Å²) in [5, 5.41) is 0. The molecular weight excluding hydrogens is 182 g/mol. The summed E-state index contributed by atoms with van der Waals surface area (Å²) in [6.07, 6.45) is 0. The highest BCUT2D eigenvalue weighted by molar-refractivity contribution is 9.09. The molecule has 1 saturated heterocycles. The second-order valence-corrected chi connectivity index (χ2v) is 3.76. The lowest BCUT2D eigenvalue weighted by molar-refractivity contribution is 0.170. The van der Waals surface area contributed by atoms with Crippen molar-refractivity contribution in [2.24, 2.45) is 0 Å². The van der Waals surface area contributed by atoms with Crippen molar-refractivity contribution in [3.8, 4) is 0 Å². The van der Waals surface area contributed by atoms with Crippen LogP contribution in [0, 0.1) is 0 Å². The van der Waals surface area contributed by atoms with Gasteiger partial charge in [0, 0.05) is 6.04 Å². The minimum atomic E-state index is 0.521. The summed E-state index contributed by atoms with van der Waals surface area (Å²) < 4.78 is 5.24. The third kappa shape index (κ3) is 1.66. The van der Waals surface area contributed by atoms with Crippen LogP contribution in [-0.2, 0) is 4.74 Å². The van der Waals surface area contributed by atoms with E-state index in [9.17, 15) is 0 Å². The molecular formula is C6H12BrNO. The SMILES string of the molecule is CN(C)[C@@H]1COC[C@H]1Br. The van der Waals surface area contributed by atoms with E-state index in [0.29, 0.717) is 10.9 Å². The van der Waals surface area contributed by atoms with Gasteiger partial charge < -0.3 is 9.64 Å². The molecule has 0 aromatic rings. The average molecular weight is 194 g/mol. The molecule has 0 unspecified atom stereocenters. The Morgan fingerprint density at radius 3 is 2.33 bits per heavy atom. The predicted octanol–water partition coefficient (Wildman–Crippen LogP) is 0.710. The van der Waals surface area contributed by atoms with Crippen molar-refractivity contribution < 1.29 is 4.74 Å². The molecule has 0 aromatic heterocycles. The average Bonchev–Trinajstić information content (AvgIpc) is 2.13. The van der Waals surface area contributed by atoms with Crippen LogP contribution in [0.2, 0.25) is 0 Å². The van der Waals surface area contributed by atoms with Gasteiger partial charge in [-0.2, -0.15) is 0 Å². The second-order valence-electron chi connectivity index (χ2n) is 2.58. The van der Waals surface area contributed by atoms with Crippen LogP contribution in [0.25, 0.3) is 0 Å². The Labute approximate surface area is 64.3 Å². The third-order valence-corrected chi connectivity index (χ3v) is 2.52. The molecule has 1 aliphatic heterocycles. The Morgan fingerprint density at radius 1 is 1.44 bits per heavy atom. The van der Waals surface area contributed by atoms with Crippen molar-refractivity contribution >= 4 is 15.9 Å². The number of halogens is 1. The zero-order valence-corrected chi connectivity index (χ0v) is 7.39. The molecule has 54 valence electrons. The first-order valence-corrected chi connectivity index (χ1v) is 4.01. The molecule has 0 spiro atoms. The van der Waals surface area contributed by atoms with Crippen LogP contribution in [0.3, 0.4) is 0 Å². The van der Waals surface area contributed by atoms with E-state index in [4.69, 9.17) is 4.74 Å². The molecule has 0 bridgehead atoms. The Hall–Kier alpha value is 0.400. The maximum absolute atomic E-state index is 5.24. The summed E-state index contributed by atoms with van der Waals surface area (Å²) in [4.78, 5) is 2.71. The van der Waals surface area contributed by atoms with E-state index in [1.165, 1.54) is 0 Å². The van der Waals surface area contributed by atoms with Gasteiger partial charge in [0.15, 0.2) is 0 Å². The maximum Gasteiger partial charge on any atom is 0.0633 e. The van der Waals surface area contributed by atoms with Crippen molar-refractivity contribution in [1.82, 2.24) is 4.90 Å². The second kappa shape index (κ2) is 2.99. The van der Waals surface area contributed by atoms with Crippen LogP contribution < -0.4 is 0 Å². The Balaban J connectivity index is 2.40. The van der Waals surface area contributed by atoms with E-state index in [-0.39, 0.29) is 0 Å². The van der Waals surface area contributed by atoms with E-state index in [2.05, 4.69) is 34.9 Å². The normalized spacial score (nSPS) is 36.0. The molecule has 0 saturated carbocycles. The zero-order valence-electron chi connectivity index (χ0n) is 5.80. The molecule has 1 aliphatic rings. The summed E-state index contributed by atoms with van der Waals surface area (Å²) in [7, 11) is 4.15. The van der Waals surface area contributed by atoms with Crippen molar-refractivity contribution in [1.29, 1.82) is 0 Å². The summed E-state index contributed by atoms with van der Waals surface area (Å²) in [6.45, 7) is 1.71. The van der Waals surface area contributed by atoms with Crippen LogP contribution in [-0.4, -0.2) is 43.1 Å². The Kier molecular flexibility index (Phi) is 2.50. The number of nitrogens with zero attached hydrogens (tertiary/aromatic N) is 1. The first kappa shape index (κ1) is 7.51. The summed E-state index contributed by atoms with van der Waals surface area (Å²) in [6, 6.07) is 0.560. The first-order chi connectivity index (χ1) is 4.22.